The molecule has 1 aliphatic rings. The van der Waals surface area contributed by atoms with Crippen molar-refractivity contribution in [3.8, 4) is 0 Å². The quantitative estimate of drug-likeness (QED) is 0.652. The number of carbonyl (C=O) groups is 2. The van der Waals surface area contributed by atoms with E-state index in [9.17, 15) is 9.59 Å². The van der Waals surface area contributed by atoms with Crippen molar-refractivity contribution in [1.29, 1.82) is 0 Å². The Morgan fingerprint density at radius 1 is 1.50 bits per heavy atom. The standard InChI is InChI=1S/C14H23NO3/c1-3-6-11(12(16)17)10-15-13(18)14(7-4-2)8-5-9-14/h4,11H,2-3,5-10H2,1H3,(H,15,18)(H,16,17). The van der Waals surface area contributed by atoms with Gasteiger partial charge in [-0.1, -0.05) is 25.8 Å². The third kappa shape index (κ3) is 3.34. The minimum absolute atomic E-state index is 0.00370. The van der Waals surface area contributed by atoms with Gasteiger partial charge in [-0.25, -0.2) is 0 Å². The van der Waals surface area contributed by atoms with Crippen LogP contribution in [0.4, 0.5) is 0 Å². The first-order chi connectivity index (χ1) is 8.55. The largest absolute Gasteiger partial charge is 0.481 e. The minimum Gasteiger partial charge on any atom is -0.481 e. The van der Waals surface area contributed by atoms with E-state index in [1.165, 1.54) is 0 Å². The van der Waals surface area contributed by atoms with Gasteiger partial charge >= 0.3 is 5.97 Å². The molecule has 0 heterocycles. The molecular formula is C14H23NO3. The molecule has 2 N–H and O–H groups in total. The van der Waals surface area contributed by atoms with Crippen LogP contribution in [-0.2, 0) is 9.59 Å². The molecule has 1 amide bonds. The summed E-state index contributed by atoms with van der Waals surface area (Å²) in [6, 6.07) is 0. The van der Waals surface area contributed by atoms with Crippen molar-refractivity contribution < 1.29 is 14.7 Å². The lowest BCUT2D eigenvalue weighted by Crippen LogP contribution is -2.47. The van der Waals surface area contributed by atoms with Crippen molar-refractivity contribution in [2.75, 3.05) is 6.54 Å². The highest BCUT2D eigenvalue weighted by Gasteiger charge is 2.42. The second-order valence-corrected chi connectivity index (χ2v) is 5.16. The number of hydrogen-bond donors (Lipinski definition) is 2. The topological polar surface area (TPSA) is 66.4 Å². The zero-order valence-corrected chi connectivity index (χ0v) is 11.1. The van der Waals surface area contributed by atoms with Gasteiger partial charge in [0, 0.05) is 6.54 Å². The molecule has 102 valence electrons. The second-order valence-electron chi connectivity index (χ2n) is 5.16. The number of amides is 1. The molecule has 0 radical (unpaired) electrons. The fourth-order valence-electron chi connectivity index (χ4n) is 2.47. The van der Waals surface area contributed by atoms with Crippen molar-refractivity contribution in [3.05, 3.63) is 12.7 Å². The average molecular weight is 253 g/mol. The predicted molar refractivity (Wildman–Crippen MR) is 70.1 cm³/mol. The molecule has 1 unspecified atom stereocenters. The fraction of sp³-hybridized carbons (Fsp3) is 0.714. The molecule has 0 aliphatic heterocycles. The molecule has 0 bridgehead atoms. The van der Waals surface area contributed by atoms with Crippen LogP contribution >= 0.6 is 0 Å². The summed E-state index contributed by atoms with van der Waals surface area (Å²) in [5.74, 6) is -1.31. The molecule has 0 spiro atoms. The van der Waals surface area contributed by atoms with E-state index in [-0.39, 0.29) is 17.9 Å². The van der Waals surface area contributed by atoms with Crippen LogP contribution in [0.25, 0.3) is 0 Å². The summed E-state index contributed by atoms with van der Waals surface area (Å²) in [6.07, 6.45) is 6.71. The molecule has 0 aromatic heterocycles. The minimum atomic E-state index is -0.830. The number of allylic oxidation sites excluding steroid dienone is 1. The normalized spacial score (nSPS) is 18.5. The highest BCUT2D eigenvalue weighted by molar-refractivity contribution is 5.84. The summed E-state index contributed by atoms with van der Waals surface area (Å²) in [5.41, 5.74) is -0.309. The summed E-state index contributed by atoms with van der Waals surface area (Å²) in [7, 11) is 0. The summed E-state index contributed by atoms with van der Waals surface area (Å²) < 4.78 is 0. The Bertz CT molecular complexity index is 321. The van der Waals surface area contributed by atoms with E-state index in [4.69, 9.17) is 5.11 Å². The van der Waals surface area contributed by atoms with Crippen LogP contribution in [0, 0.1) is 11.3 Å². The highest BCUT2D eigenvalue weighted by Crippen LogP contribution is 2.44. The van der Waals surface area contributed by atoms with Gasteiger partial charge in [0.1, 0.15) is 0 Å². The Morgan fingerprint density at radius 2 is 2.17 bits per heavy atom. The second kappa shape index (κ2) is 6.57. The fourth-order valence-corrected chi connectivity index (χ4v) is 2.47. The molecule has 1 atom stereocenters. The summed E-state index contributed by atoms with van der Waals surface area (Å²) in [5, 5.41) is 11.8. The number of hydrogen-bond acceptors (Lipinski definition) is 2. The van der Waals surface area contributed by atoms with Gasteiger partial charge in [-0.2, -0.15) is 0 Å². The summed E-state index contributed by atoms with van der Waals surface area (Å²) in [6.45, 7) is 5.87. The van der Waals surface area contributed by atoms with Crippen molar-refractivity contribution in [2.45, 2.75) is 45.4 Å². The first-order valence-corrected chi connectivity index (χ1v) is 6.67. The monoisotopic (exact) mass is 253 g/mol. The Labute approximate surface area is 108 Å². The number of carboxylic acids is 1. The van der Waals surface area contributed by atoms with Gasteiger partial charge in [0.2, 0.25) is 5.91 Å². The van der Waals surface area contributed by atoms with E-state index in [1.54, 1.807) is 6.08 Å². The Balaban J connectivity index is 2.48. The third-order valence-electron chi connectivity index (χ3n) is 3.82. The van der Waals surface area contributed by atoms with Crippen molar-refractivity contribution in [1.82, 2.24) is 5.32 Å². The average Bonchev–Trinajstić information content (AvgIpc) is 2.28. The molecule has 4 heteroatoms. The maximum Gasteiger partial charge on any atom is 0.308 e. The molecule has 0 saturated heterocycles. The first-order valence-electron chi connectivity index (χ1n) is 6.67. The molecular weight excluding hydrogens is 230 g/mol. The lowest BCUT2D eigenvalue weighted by Gasteiger charge is -2.39. The highest BCUT2D eigenvalue weighted by atomic mass is 16.4. The predicted octanol–water partition coefficient (Wildman–Crippen LogP) is 2.35. The molecule has 4 nitrogen and oxygen atoms in total. The van der Waals surface area contributed by atoms with E-state index in [0.29, 0.717) is 12.8 Å². The van der Waals surface area contributed by atoms with Gasteiger partial charge in [-0.05, 0) is 25.7 Å². The van der Waals surface area contributed by atoms with Gasteiger partial charge in [0.05, 0.1) is 11.3 Å². The van der Waals surface area contributed by atoms with E-state index < -0.39 is 11.9 Å². The number of nitrogens with one attached hydrogen (secondary N) is 1. The lowest BCUT2D eigenvalue weighted by molar-refractivity contribution is -0.142. The maximum atomic E-state index is 12.1. The number of carboxylic acid groups (broad SMARTS) is 1. The number of carbonyl (C=O) groups excluding carboxylic acids is 1. The van der Waals surface area contributed by atoms with Crippen LogP contribution in [0.1, 0.15) is 45.4 Å². The van der Waals surface area contributed by atoms with E-state index >= 15 is 0 Å². The third-order valence-corrected chi connectivity index (χ3v) is 3.82. The molecule has 0 aromatic carbocycles. The maximum absolute atomic E-state index is 12.1. The molecule has 1 rings (SSSR count). The van der Waals surface area contributed by atoms with Gasteiger partial charge in [0.15, 0.2) is 0 Å². The molecule has 18 heavy (non-hydrogen) atoms. The first kappa shape index (κ1) is 14.7. The summed E-state index contributed by atoms with van der Waals surface area (Å²) >= 11 is 0. The van der Waals surface area contributed by atoms with E-state index in [2.05, 4.69) is 11.9 Å². The molecule has 1 fully saturated rings. The molecule has 0 aromatic rings. The Hall–Kier alpha value is -1.32. The van der Waals surface area contributed by atoms with Crippen LogP contribution in [0.5, 0.6) is 0 Å². The van der Waals surface area contributed by atoms with Gasteiger partial charge in [-0.15, -0.1) is 6.58 Å². The lowest BCUT2D eigenvalue weighted by atomic mass is 9.66. The van der Waals surface area contributed by atoms with Crippen molar-refractivity contribution in [2.24, 2.45) is 11.3 Å². The van der Waals surface area contributed by atoms with Crippen LogP contribution < -0.4 is 5.32 Å². The number of aliphatic carboxylic acids is 1. The Morgan fingerprint density at radius 3 is 2.56 bits per heavy atom. The van der Waals surface area contributed by atoms with Gasteiger partial charge in [-0.3, -0.25) is 9.59 Å². The van der Waals surface area contributed by atoms with Crippen LogP contribution in [0.15, 0.2) is 12.7 Å². The van der Waals surface area contributed by atoms with E-state index in [1.807, 2.05) is 6.92 Å². The zero-order chi connectivity index (χ0) is 13.6. The summed E-state index contributed by atoms with van der Waals surface area (Å²) in [4.78, 5) is 23.1. The smallest absolute Gasteiger partial charge is 0.308 e. The molecule has 1 saturated carbocycles. The zero-order valence-electron chi connectivity index (χ0n) is 11.1. The van der Waals surface area contributed by atoms with Crippen molar-refractivity contribution in [3.63, 3.8) is 0 Å². The molecule has 1 aliphatic carbocycles. The Kier molecular flexibility index (Phi) is 5.38. The van der Waals surface area contributed by atoms with Crippen LogP contribution in [0.2, 0.25) is 0 Å². The van der Waals surface area contributed by atoms with Crippen molar-refractivity contribution >= 4 is 11.9 Å². The van der Waals surface area contributed by atoms with Gasteiger partial charge < -0.3 is 10.4 Å². The van der Waals surface area contributed by atoms with Gasteiger partial charge in [0.25, 0.3) is 0 Å². The van der Waals surface area contributed by atoms with Crippen LogP contribution in [-0.4, -0.2) is 23.5 Å². The SMILES string of the molecule is C=CCC1(C(=O)NCC(CCC)C(=O)O)CCC1. The van der Waals surface area contributed by atoms with E-state index in [0.717, 1.165) is 25.7 Å². The van der Waals surface area contributed by atoms with Crippen LogP contribution in [0.3, 0.4) is 0 Å². The number of rotatable bonds is 8.